The maximum Gasteiger partial charge on any atom is 0.291 e. The zero-order valence-corrected chi connectivity index (χ0v) is 18.5. The molecule has 2 heterocycles. The van der Waals surface area contributed by atoms with Crippen molar-refractivity contribution < 1.29 is 18.4 Å². The van der Waals surface area contributed by atoms with Gasteiger partial charge in [0, 0.05) is 38.4 Å². The van der Waals surface area contributed by atoms with Gasteiger partial charge in [-0.25, -0.2) is 4.39 Å². The second-order valence-corrected chi connectivity index (χ2v) is 7.91. The van der Waals surface area contributed by atoms with Crippen LogP contribution in [0.1, 0.15) is 35.2 Å². The normalized spacial score (nSPS) is 15.0. The molecule has 1 unspecified atom stereocenters. The molecule has 168 valence electrons. The van der Waals surface area contributed by atoms with Crippen molar-refractivity contribution in [1.29, 1.82) is 0 Å². The summed E-state index contributed by atoms with van der Waals surface area (Å²) in [5.74, 6) is 5.09. The van der Waals surface area contributed by atoms with Crippen LogP contribution in [0.3, 0.4) is 0 Å². The minimum absolute atomic E-state index is 0.0687. The molecule has 0 radical (unpaired) electrons. The first kappa shape index (κ1) is 22.2. The molecule has 1 fully saturated rings. The average molecular weight is 445 g/mol. The van der Waals surface area contributed by atoms with E-state index in [1.807, 2.05) is 31.3 Å². The molecular formula is C26H24FN3O3. The van der Waals surface area contributed by atoms with Crippen molar-refractivity contribution in [3.63, 3.8) is 0 Å². The molecule has 1 aliphatic heterocycles. The molecular weight excluding hydrogens is 421 g/mol. The summed E-state index contributed by atoms with van der Waals surface area (Å²) in [6, 6.07) is 17.1. The van der Waals surface area contributed by atoms with E-state index in [1.54, 1.807) is 36.1 Å². The van der Waals surface area contributed by atoms with E-state index in [-0.39, 0.29) is 29.0 Å². The number of carbonyl (C=O) groups is 2. The summed E-state index contributed by atoms with van der Waals surface area (Å²) in [6.45, 7) is 3.24. The van der Waals surface area contributed by atoms with Gasteiger partial charge in [-0.15, -0.1) is 0 Å². The maximum atomic E-state index is 13.7. The smallest absolute Gasteiger partial charge is 0.291 e. The molecule has 2 amide bonds. The largest absolute Gasteiger partial charge is 0.443 e. The predicted octanol–water partition coefficient (Wildman–Crippen LogP) is 4.13. The van der Waals surface area contributed by atoms with E-state index < -0.39 is 11.7 Å². The lowest BCUT2D eigenvalue weighted by Gasteiger charge is -2.24. The zero-order chi connectivity index (χ0) is 23.4. The topological polar surface area (TPSA) is 65.8 Å². The van der Waals surface area contributed by atoms with Crippen molar-refractivity contribution >= 4 is 23.2 Å². The number of benzene rings is 2. The molecule has 1 saturated heterocycles. The fraction of sp³-hybridized carbons (Fsp3) is 0.231. The lowest BCUT2D eigenvalue weighted by Crippen LogP contribution is -2.37. The van der Waals surface area contributed by atoms with Gasteiger partial charge in [0.2, 0.25) is 5.91 Å². The highest BCUT2D eigenvalue weighted by Gasteiger charge is 2.27. The molecule has 6 nitrogen and oxygen atoms in total. The van der Waals surface area contributed by atoms with Gasteiger partial charge < -0.3 is 19.5 Å². The number of likely N-dealkylation sites (N-methyl/N-ethyl adjacent to an activating group) is 1. The van der Waals surface area contributed by atoms with E-state index in [2.05, 4.69) is 22.1 Å². The van der Waals surface area contributed by atoms with E-state index in [0.29, 0.717) is 5.69 Å². The van der Waals surface area contributed by atoms with Crippen molar-refractivity contribution in [3.05, 3.63) is 83.6 Å². The zero-order valence-electron chi connectivity index (χ0n) is 18.5. The number of hydrogen-bond acceptors (Lipinski definition) is 4. The number of furan rings is 1. The molecule has 0 spiro atoms. The lowest BCUT2D eigenvalue weighted by molar-refractivity contribution is -0.129. The van der Waals surface area contributed by atoms with Crippen LogP contribution in [-0.2, 0) is 4.79 Å². The molecule has 1 atom stereocenters. The molecule has 0 aliphatic carbocycles. The number of carbonyl (C=O) groups excluding carboxylic acids is 2. The molecule has 3 aromatic rings. The molecule has 7 heteroatoms. The first-order valence-corrected chi connectivity index (χ1v) is 10.7. The van der Waals surface area contributed by atoms with E-state index in [1.165, 1.54) is 12.1 Å². The number of anilines is 2. The summed E-state index contributed by atoms with van der Waals surface area (Å²) < 4.78 is 19.2. The lowest BCUT2D eigenvalue weighted by atomic mass is 10.2. The molecule has 2 aromatic carbocycles. The molecule has 4 rings (SSSR count). The number of rotatable bonds is 4. The second-order valence-electron chi connectivity index (χ2n) is 7.91. The number of nitrogens with one attached hydrogen (secondary N) is 1. The van der Waals surface area contributed by atoms with Gasteiger partial charge in [0.15, 0.2) is 11.5 Å². The van der Waals surface area contributed by atoms with Crippen molar-refractivity contribution in [2.75, 3.05) is 30.4 Å². The van der Waals surface area contributed by atoms with Crippen LogP contribution in [0.5, 0.6) is 0 Å². The number of halogens is 1. The Labute approximate surface area is 192 Å². The van der Waals surface area contributed by atoms with Crippen LogP contribution in [0, 0.1) is 17.7 Å². The Morgan fingerprint density at radius 2 is 1.85 bits per heavy atom. The van der Waals surface area contributed by atoms with Crippen LogP contribution in [0.2, 0.25) is 0 Å². The average Bonchev–Trinajstić information content (AvgIpc) is 3.49. The van der Waals surface area contributed by atoms with Crippen LogP contribution in [0.25, 0.3) is 0 Å². The minimum Gasteiger partial charge on any atom is -0.443 e. The summed E-state index contributed by atoms with van der Waals surface area (Å²) in [7, 11) is 1.83. The fourth-order valence-electron chi connectivity index (χ4n) is 3.72. The van der Waals surface area contributed by atoms with E-state index in [9.17, 15) is 14.0 Å². The quantitative estimate of drug-likeness (QED) is 0.614. The highest BCUT2D eigenvalue weighted by atomic mass is 19.1. The van der Waals surface area contributed by atoms with Gasteiger partial charge in [-0.2, -0.15) is 0 Å². The monoisotopic (exact) mass is 445 g/mol. The third-order valence-corrected chi connectivity index (χ3v) is 5.72. The predicted molar refractivity (Wildman–Crippen MR) is 125 cm³/mol. The van der Waals surface area contributed by atoms with E-state index >= 15 is 0 Å². The summed E-state index contributed by atoms with van der Waals surface area (Å²) >= 11 is 0. The molecule has 1 aliphatic rings. The highest BCUT2D eigenvalue weighted by molar-refractivity contribution is 6.02. The molecule has 1 aromatic heterocycles. The van der Waals surface area contributed by atoms with Gasteiger partial charge >= 0.3 is 0 Å². The van der Waals surface area contributed by atoms with Crippen LogP contribution >= 0.6 is 0 Å². The van der Waals surface area contributed by atoms with Crippen LogP contribution < -0.4 is 10.2 Å². The Morgan fingerprint density at radius 1 is 1.09 bits per heavy atom. The Bertz CT molecular complexity index is 1220. The molecule has 1 N–H and O–H groups in total. The SMILES string of the molecule is CC(=O)N(C)C1CCN(c2ccc(NC(=O)c3ccc(C#Cc4ccccc4F)o3)cc2)C1. The van der Waals surface area contributed by atoms with Crippen molar-refractivity contribution in [2.45, 2.75) is 19.4 Å². The third-order valence-electron chi connectivity index (χ3n) is 5.72. The van der Waals surface area contributed by atoms with Crippen molar-refractivity contribution in [1.82, 2.24) is 4.90 Å². The second kappa shape index (κ2) is 9.61. The molecule has 33 heavy (non-hydrogen) atoms. The standard InChI is InChI=1S/C26H24FN3O3/c1-18(31)29(2)22-15-16-30(17-22)21-10-8-20(9-11-21)28-26(32)25-14-13-23(33-25)12-7-19-5-3-4-6-24(19)27/h3-6,8-11,13-14,22H,15-17H2,1-2H3,(H,28,32). The summed E-state index contributed by atoms with van der Waals surface area (Å²) in [5, 5.41) is 2.80. The summed E-state index contributed by atoms with van der Waals surface area (Å²) in [5.41, 5.74) is 1.93. The van der Waals surface area contributed by atoms with Crippen LogP contribution in [0.4, 0.5) is 15.8 Å². The molecule has 0 bridgehead atoms. The van der Waals surface area contributed by atoms with Gasteiger partial charge in [0.25, 0.3) is 5.91 Å². The van der Waals surface area contributed by atoms with Gasteiger partial charge in [0.1, 0.15) is 5.82 Å². The number of nitrogens with zero attached hydrogens (tertiary/aromatic N) is 2. The molecule has 0 saturated carbocycles. The van der Waals surface area contributed by atoms with Crippen molar-refractivity contribution in [2.24, 2.45) is 0 Å². The number of hydrogen-bond donors (Lipinski definition) is 1. The van der Waals surface area contributed by atoms with Gasteiger partial charge in [-0.1, -0.05) is 18.1 Å². The van der Waals surface area contributed by atoms with Crippen molar-refractivity contribution in [3.8, 4) is 11.8 Å². The maximum absolute atomic E-state index is 13.7. The first-order chi connectivity index (χ1) is 15.9. The van der Waals surface area contributed by atoms with Crippen LogP contribution in [0.15, 0.2) is 65.1 Å². The van der Waals surface area contributed by atoms with Gasteiger partial charge in [-0.05, 0) is 60.9 Å². The van der Waals surface area contributed by atoms with E-state index in [0.717, 1.165) is 25.2 Å². The Kier molecular flexibility index (Phi) is 6.45. The Morgan fingerprint density at radius 3 is 2.58 bits per heavy atom. The summed E-state index contributed by atoms with van der Waals surface area (Å²) in [4.78, 5) is 28.1. The summed E-state index contributed by atoms with van der Waals surface area (Å²) in [6.07, 6.45) is 0.926. The van der Waals surface area contributed by atoms with Gasteiger partial charge in [0.05, 0.1) is 11.6 Å². The number of amides is 2. The first-order valence-electron chi connectivity index (χ1n) is 10.7. The highest BCUT2D eigenvalue weighted by Crippen LogP contribution is 2.24. The Balaban J connectivity index is 1.36. The fourth-order valence-corrected chi connectivity index (χ4v) is 3.72. The Hall–Kier alpha value is -4.05. The van der Waals surface area contributed by atoms with Crippen LogP contribution in [-0.4, -0.2) is 42.9 Å². The minimum atomic E-state index is -0.409. The third kappa shape index (κ3) is 5.24. The van der Waals surface area contributed by atoms with Gasteiger partial charge in [-0.3, -0.25) is 9.59 Å². The van der Waals surface area contributed by atoms with E-state index in [4.69, 9.17) is 4.42 Å².